The Labute approximate surface area is 148 Å². The van der Waals surface area contributed by atoms with Crippen LogP contribution in [0, 0.1) is 0 Å². The van der Waals surface area contributed by atoms with E-state index in [2.05, 4.69) is 4.74 Å². The Morgan fingerprint density at radius 1 is 0.821 bits per heavy atom. The second-order valence-corrected chi connectivity index (χ2v) is 5.46. The molecule has 0 saturated heterocycles. The summed E-state index contributed by atoms with van der Waals surface area (Å²) >= 11 is 0. The Morgan fingerprint density at radius 3 is 1.54 bits per heavy atom. The predicted molar refractivity (Wildman–Crippen MR) is 66.0 cm³/mol. The maximum Gasteiger partial charge on any atom is 0.382 e. The first-order valence-corrected chi connectivity index (χ1v) is 6.81. The number of carbonyl (C=O) groups is 1. The van der Waals surface area contributed by atoms with Crippen LogP contribution in [0.3, 0.4) is 0 Å². The molecule has 2 nitrogen and oxygen atoms in total. The van der Waals surface area contributed by atoms with E-state index < -0.39 is 59.9 Å². The van der Waals surface area contributed by atoms with Gasteiger partial charge in [0.1, 0.15) is 5.57 Å². The highest BCUT2D eigenvalue weighted by molar-refractivity contribution is 5.90. The lowest BCUT2D eigenvalue weighted by molar-refractivity contribution is -0.366. The monoisotopic (exact) mass is 446 g/mol. The van der Waals surface area contributed by atoms with Crippen LogP contribution in [0.1, 0.15) is 13.8 Å². The number of alkyl halides is 13. The number of hydrogen-bond acceptors (Lipinski definition) is 2. The lowest BCUT2D eigenvalue weighted by atomic mass is 9.92. The molecule has 2 atom stereocenters. The first kappa shape index (κ1) is 26.3. The molecule has 28 heavy (non-hydrogen) atoms. The van der Waals surface area contributed by atoms with Crippen molar-refractivity contribution in [3.63, 3.8) is 0 Å². The van der Waals surface area contributed by atoms with Crippen molar-refractivity contribution in [2.75, 3.05) is 0 Å². The van der Waals surface area contributed by atoms with Crippen molar-refractivity contribution < 1.29 is 66.6 Å². The number of hydrogen-bond donors (Lipinski definition) is 0. The number of ether oxygens (including phenoxy) is 1. The summed E-state index contributed by atoms with van der Waals surface area (Å²) in [5, 5.41) is 0. The van der Waals surface area contributed by atoms with Gasteiger partial charge in [-0.1, -0.05) is 6.58 Å². The second kappa shape index (κ2) is 7.61. The van der Waals surface area contributed by atoms with Crippen LogP contribution in [0.25, 0.3) is 0 Å². The van der Waals surface area contributed by atoms with Crippen molar-refractivity contribution in [2.45, 2.75) is 62.2 Å². The number of rotatable bonds is 9. The summed E-state index contributed by atoms with van der Waals surface area (Å²) in [6, 6.07) is 0. The van der Waals surface area contributed by atoms with Crippen molar-refractivity contribution in [3.8, 4) is 0 Å². The Kier molecular flexibility index (Phi) is 7.15. The van der Waals surface area contributed by atoms with Gasteiger partial charge < -0.3 is 4.74 Å². The van der Waals surface area contributed by atoms with Crippen molar-refractivity contribution in [1.82, 2.24) is 0 Å². The average Bonchev–Trinajstić information content (AvgIpc) is 2.52. The number of esters is 1. The minimum atomic E-state index is -7.17. The van der Waals surface area contributed by atoms with Gasteiger partial charge in [-0.05, 0) is 13.8 Å². The minimum absolute atomic E-state index is 0.0150. The van der Waals surface area contributed by atoms with Crippen LogP contribution in [0.2, 0.25) is 0 Å². The molecule has 0 N–H and O–H groups in total. The van der Waals surface area contributed by atoms with Crippen molar-refractivity contribution in [1.29, 1.82) is 0 Å². The molecule has 2 unspecified atom stereocenters. The van der Waals surface area contributed by atoms with Crippen LogP contribution in [0.5, 0.6) is 0 Å². The van der Waals surface area contributed by atoms with Crippen LogP contribution in [0.4, 0.5) is 57.1 Å². The van der Waals surface area contributed by atoms with E-state index in [1.165, 1.54) is 0 Å². The van der Waals surface area contributed by atoms with Gasteiger partial charge in [0.25, 0.3) is 0 Å². The first-order valence-electron chi connectivity index (χ1n) is 6.81. The Bertz CT molecular complexity index is 597. The Morgan fingerprint density at radius 2 is 1.21 bits per heavy atom. The molecule has 0 fully saturated rings. The maximum atomic E-state index is 13.6. The highest BCUT2D eigenvalue weighted by Gasteiger charge is 2.82. The molecule has 0 aromatic rings. The van der Waals surface area contributed by atoms with E-state index in [9.17, 15) is 61.9 Å². The molecule has 0 aromatic carbocycles. The molecule has 166 valence electrons. The molecule has 0 spiro atoms. The zero-order valence-corrected chi connectivity index (χ0v) is 13.7. The molecule has 0 saturated carbocycles. The zero-order valence-electron chi connectivity index (χ0n) is 13.7. The van der Waals surface area contributed by atoms with Gasteiger partial charge in [-0.15, -0.1) is 0 Å². The fourth-order valence-corrected chi connectivity index (χ4v) is 1.46. The molecule has 0 aliphatic rings. The predicted octanol–water partition coefficient (Wildman–Crippen LogP) is 5.27. The summed E-state index contributed by atoms with van der Waals surface area (Å²) in [6.45, 7) is 1.57. The maximum absolute atomic E-state index is 13.6. The normalized spacial score (nSPS) is 16.7. The van der Waals surface area contributed by atoms with E-state index in [4.69, 9.17) is 0 Å². The zero-order chi connectivity index (χ0) is 23.1. The lowest BCUT2D eigenvalue weighted by Gasteiger charge is -2.37. The van der Waals surface area contributed by atoms with Gasteiger partial charge in [0.2, 0.25) is 0 Å². The van der Waals surface area contributed by atoms with Crippen LogP contribution < -0.4 is 0 Å². The Balaban J connectivity index is 5.86. The molecule has 15 heteroatoms. The summed E-state index contributed by atoms with van der Waals surface area (Å²) in [6.07, 6.45) is -11.8. The number of halogens is 13. The van der Waals surface area contributed by atoms with Crippen molar-refractivity contribution >= 4 is 5.97 Å². The van der Waals surface area contributed by atoms with Gasteiger partial charge >= 0.3 is 42.0 Å². The molecule has 0 aliphatic carbocycles. The van der Waals surface area contributed by atoms with Gasteiger partial charge in [0, 0.05) is 0 Å². The van der Waals surface area contributed by atoms with Gasteiger partial charge in [-0.2, -0.15) is 43.9 Å². The fourth-order valence-electron chi connectivity index (χ4n) is 1.46. The molecule has 0 amide bonds. The summed E-state index contributed by atoms with van der Waals surface area (Å²) in [5.41, 5.74) is -3.03. The standard InChI is InChI=1S/C13H11F13O2/c1-4(7(27)28-6(3)9(17,18)8(15)16)10(19,20)12(23,24)13(25,26)11(21,22)5(2)14/h5-6,8H,1H2,2-3H3. The summed E-state index contributed by atoms with van der Waals surface area (Å²) in [7, 11) is 0. The third-order valence-electron chi connectivity index (χ3n) is 3.45. The third-order valence-corrected chi connectivity index (χ3v) is 3.45. The van der Waals surface area contributed by atoms with Gasteiger partial charge in [-0.3, -0.25) is 0 Å². The Hall–Kier alpha value is -1.70. The highest BCUT2D eigenvalue weighted by atomic mass is 19.4. The largest absolute Gasteiger partial charge is 0.452 e. The second-order valence-electron chi connectivity index (χ2n) is 5.46. The molecule has 0 aliphatic heterocycles. The minimum Gasteiger partial charge on any atom is -0.452 e. The number of carbonyl (C=O) groups excluding carboxylic acids is 1. The average molecular weight is 446 g/mol. The topological polar surface area (TPSA) is 26.3 Å². The molecule has 0 radical (unpaired) electrons. The van der Waals surface area contributed by atoms with E-state index in [-0.39, 0.29) is 13.8 Å². The third kappa shape index (κ3) is 4.02. The van der Waals surface area contributed by atoms with E-state index in [1.54, 1.807) is 0 Å². The van der Waals surface area contributed by atoms with Crippen LogP contribution in [-0.4, -0.2) is 54.3 Å². The van der Waals surface area contributed by atoms with Gasteiger partial charge in [0.05, 0.1) is 0 Å². The molecule has 0 rings (SSSR count). The molecular weight excluding hydrogens is 435 g/mol. The van der Waals surface area contributed by atoms with Gasteiger partial charge in [0.15, 0.2) is 12.3 Å². The van der Waals surface area contributed by atoms with Gasteiger partial charge in [-0.25, -0.2) is 18.0 Å². The lowest BCUT2D eigenvalue weighted by Crippen LogP contribution is -2.65. The molecule has 0 heterocycles. The quantitative estimate of drug-likeness (QED) is 0.274. The molecular formula is C13H11F13O2. The summed E-state index contributed by atoms with van der Waals surface area (Å²) < 4.78 is 173. The smallest absolute Gasteiger partial charge is 0.382 e. The van der Waals surface area contributed by atoms with E-state index in [0.29, 0.717) is 0 Å². The van der Waals surface area contributed by atoms with Crippen LogP contribution in [0.15, 0.2) is 12.2 Å². The molecule has 0 aromatic heterocycles. The van der Waals surface area contributed by atoms with Crippen molar-refractivity contribution in [3.05, 3.63) is 12.2 Å². The molecule has 0 bridgehead atoms. The van der Waals surface area contributed by atoms with Crippen LogP contribution >= 0.6 is 0 Å². The highest BCUT2D eigenvalue weighted by Crippen LogP contribution is 2.55. The summed E-state index contributed by atoms with van der Waals surface area (Å²) in [4.78, 5) is 11.2. The van der Waals surface area contributed by atoms with E-state index in [1.807, 2.05) is 6.58 Å². The SMILES string of the molecule is C=C(C(=O)OC(C)C(F)(F)C(F)F)C(F)(F)C(F)(F)C(F)(F)C(F)(F)C(C)F. The fraction of sp³-hybridized carbons (Fsp3) is 0.769. The van der Waals surface area contributed by atoms with E-state index in [0.717, 1.165) is 0 Å². The van der Waals surface area contributed by atoms with Crippen LogP contribution in [-0.2, 0) is 9.53 Å². The first-order chi connectivity index (χ1) is 12.1. The van der Waals surface area contributed by atoms with Crippen molar-refractivity contribution in [2.24, 2.45) is 0 Å². The summed E-state index contributed by atoms with van der Waals surface area (Å²) in [5.74, 6) is -35.4. The van der Waals surface area contributed by atoms with E-state index >= 15 is 0 Å².